The predicted molar refractivity (Wildman–Crippen MR) is 30.4 cm³/mol. The van der Waals surface area contributed by atoms with E-state index in [0.29, 0.717) is 0 Å². The van der Waals surface area contributed by atoms with Gasteiger partial charge in [-0.25, -0.2) is 4.79 Å². The number of carbonyl (C=O) groups is 1. The van der Waals surface area contributed by atoms with E-state index in [0.717, 1.165) is 0 Å². The van der Waals surface area contributed by atoms with Crippen LogP contribution in [0.25, 0.3) is 0 Å². The SMILES string of the molecule is CC(C)NC(N)=O.F. The van der Waals surface area contributed by atoms with Gasteiger partial charge in [-0.15, -0.1) is 0 Å². The van der Waals surface area contributed by atoms with E-state index < -0.39 is 6.03 Å². The molecule has 0 aromatic rings. The van der Waals surface area contributed by atoms with Crippen LogP contribution in [0.3, 0.4) is 0 Å². The van der Waals surface area contributed by atoms with Crippen molar-refractivity contribution in [2.45, 2.75) is 19.9 Å². The molecule has 0 aromatic carbocycles. The molecule has 0 saturated carbocycles. The number of rotatable bonds is 1. The zero-order valence-corrected chi connectivity index (χ0v) is 4.97. The normalized spacial score (nSPS) is 7.88. The van der Waals surface area contributed by atoms with Crippen molar-refractivity contribution in [3.05, 3.63) is 0 Å². The van der Waals surface area contributed by atoms with Gasteiger partial charge in [0.25, 0.3) is 0 Å². The second kappa shape index (κ2) is 4.36. The Morgan fingerprint density at radius 3 is 2.00 bits per heavy atom. The zero-order chi connectivity index (χ0) is 5.86. The Bertz CT molecular complexity index is 74.4. The van der Waals surface area contributed by atoms with E-state index >= 15 is 0 Å². The molecule has 3 N–H and O–H groups in total. The number of carbonyl (C=O) groups excluding carboxylic acids is 1. The molecule has 0 saturated heterocycles. The van der Waals surface area contributed by atoms with Gasteiger partial charge in [-0.1, -0.05) is 0 Å². The third-order valence-corrected chi connectivity index (χ3v) is 0.431. The van der Waals surface area contributed by atoms with E-state index in [1.165, 1.54) is 0 Å². The van der Waals surface area contributed by atoms with Crippen molar-refractivity contribution in [2.24, 2.45) is 5.73 Å². The Labute approximate surface area is 47.6 Å². The van der Waals surface area contributed by atoms with Crippen LogP contribution in [0.4, 0.5) is 9.50 Å². The molecule has 50 valence electrons. The average Bonchev–Trinajstić information content (AvgIpc) is 1.27. The number of nitrogens with two attached hydrogens (primary N) is 1. The van der Waals surface area contributed by atoms with Crippen LogP contribution in [0.5, 0.6) is 0 Å². The molecule has 0 spiro atoms. The van der Waals surface area contributed by atoms with Crippen LogP contribution in [0, 0.1) is 0 Å². The first kappa shape index (κ1) is 10.2. The number of amides is 2. The summed E-state index contributed by atoms with van der Waals surface area (Å²) in [5.74, 6) is 0. The van der Waals surface area contributed by atoms with E-state index in [2.05, 4.69) is 5.32 Å². The molecular weight excluding hydrogens is 111 g/mol. The first-order valence-electron chi connectivity index (χ1n) is 2.19. The first-order chi connectivity index (χ1) is 3.13. The van der Waals surface area contributed by atoms with Crippen LogP contribution >= 0.6 is 0 Å². The second-order valence-electron chi connectivity index (χ2n) is 1.66. The van der Waals surface area contributed by atoms with Gasteiger partial charge >= 0.3 is 6.03 Å². The van der Waals surface area contributed by atoms with Crippen molar-refractivity contribution in [2.75, 3.05) is 0 Å². The molecule has 2 amide bonds. The molecular formula is C4H11FN2O. The molecule has 0 aromatic heterocycles. The van der Waals surface area contributed by atoms with Crippen molar-refractivity contribution in [3.63, 3.8) is 0 Å². The van der Waals surface area contributed by atoms with Gasteiger partial charge in [0, 0.05) is 6.04 Å². The lowest BCUT2D eigenvalue weighted by atomic mass is 10.4. The van der Waals surface area contributed by atoms with Crippen molar-refractivity contribution in [1.29, 1.82) is 0 Å². The van der Waals surface area contributed by atoms with E-state index in [-0.39, 0.29) is 10.7 Å². The maximum Gasteiger partial charge on any atom is 0.312 e. The minimum Gasteiger partial charge on any atom is -0.352 e. The first-order valence-corrected chi connectivity index (χ1v) is 2.19. The Morgan fingerprint density at radius 2 is 2.00 bits per heavy atom. The summed E-state index contributed by atoms with van der Waals surface area (Å²) < 4.78 is 0. The monoisotopic (exact) mass is 122 g/mol. The number of hydrogen-bond donors (Lipinski definition) is 2. The molecule has 3 nitrogen and oxygen atoms in total. The molecule has 0 aliphatic carbocycles. The van der Waals surface area contributed by atoms with Crippen LogP contribution in [0.2, 0.25) is 0 Å². The summed E-state index contributed by atoms with van der Waals surface area (Å²) in [6.07, 6.45) is 0. The van der Waals surface area contributed by atoms with Crippen molar-refractivity contribution >= 4 is 6.03 Å². The van der Waals surface area contributed by atoms with Crippen molar-refractivity contribution < 1.29 is 9.50 Å². The summed E-state index contributed by atoms with van der Waals surface area (Å²) in [5.41, 5.74) is 4.74. The lowest BCUT2D eigenvalue weighted by molar-refractivity contribution is 0.247. The molecule has 8 heavy (non-hydrogen) atoms. The Morgan fingerprint density at radius 1 is 1.62 bits per heavy atom. The molecule has 0 radical (unpaired) electrons. The average molecular weight is 122 g/mol. The Balaban J connectivity index is 0. The van der Waals surface area contributed by atoms with E-state index in [4.69, 9.17) is 5.73 Å². The molecule has 0 atom stereocenters. The molecule has 0 aliphatic rings. The fraction of sp³-hybridized carbons (Fsp3) is 0.750. The highest BCUT2D eigenvalue weighted by Crippen LogP contribution is 1.71. The van der Waals surface area contributed by atoms with E-state index in [1.54, 1.807) is 0 Å². The highest BCUT2D eigenvalue weighted by molar-refractivity contribution is 5.71. The lowest BCUT2D eigenvalue weighted by Crippen LogP contribution is -2.34. The summed E-state index contributed by atoms with van der Waals surface area (Å²) in [4.78, 5) is 9.92. The van der Waals surface area contributed by atoms with Gasteiger partial charge in [0.2, 0.25) is 0 Å². The van der Waals surface area contributed by atoms with Gasteiger partial charge in [0.05, 0.1) is 0 Å². The Kier molecular flexibility index (Phi) is 5.58. The summed E-state index contributed by atoms with van der Waals surface area (Å²) in [6.45, 7) is 3.70. The molecule has 0 bridgehead atoms. The quantitative estimate of drug-likeness (QED) is 0.513. The summed E-state index contributed by atoms with van der Waals surface area (Å²) in [6, 6.07) is -0.312. The summed E-state index contributed by atoms with van der Waals surface area (Å²) >= 11 is 0. The molecule has 0 fully saturated rings. The zero-order valence-electron chi connectivity index (χ0n) is 4.97. The number of hydrogen-bond acceptors (Lipinski definition) is 1. The molecule has 4 heteroatoms. The fourth-order valence-electron chi connectivity index (χ4n) is 0.285. The highest BCUT2D eigenvalue weighted by atomic mass is 19.0. The predicted octanol–water partition coefficient (Wildman–Crippen LogP) is 0.216. The topological polar surface area (TPSA) is 55.1 Å². The summed E-state index contributed by atoms with van der Waals surface area (Å²) in [7, 11) is 0. The van der Waals surface area contributed by atoms with Crippen molar-refractivity contribution in [3.8, 4) is 0 Å². The van der Waals surface area contributed by atoms with Crippen LogP contribution in [-0.2, 0) is 0 Å². The van der Waals surface area contributed by atoms with Gasteiger partial charge < -0.3 is 11.1 Å². The standard InChI is InChI=1S/C4H10N2O.FH/c1-3(2)6-4(5)7;/h3H,1-2H3,(H3,5,6,7);1H. The third kappa shape index (κ3) is 8.96. The third-order valence-electron chi connectivity index (χ3n) is 0.431. The highest BCUT2D eigenvalue weighted by Gasteiger charge is 1.91. The minimum atomic E-state index is -0.463. The molecule has 0 rings (SSSR count). The molecule has 0 heterocycles. The minimum absolute atomic E-state index is 0. The van der Waals surface area contributed by atoms with Gasteiger partial charge in [-0.2, -0.15) is 0 Å². The van der Waals surface area contributed by atoms with Gasteiger partial charge in [-0.05, 0) is 13.8 Å². The molecule has 0 unspecified atom stereocenters. The van der Waals surface area contributed by atoms with Gasteiger partial charge in [0.15, 0.2) is 0 Å². The van der Waals surface area contributed by atoms with Crippen molar-refractivity contribution in [1.82, 2.24) is 5.32 Å². The van der Waals surface area contributed by atoms with E-state index in [9.17, 15) is 4.79 Å². The number of nitrogens with one attached hydrogen (secondary N) is 1. The maximum absolute atomic E-state index is 9.92. The largest absolute Gasteiger partial charge is 0.352 e. The van der Waals surface area contributed by atoms with Crippen LogP contribution in [0.15, 0.2) is 0 Å². The second-order valence-corrected chi connectivity index (χ2v) is 1.66. The fourth-order valence-corrected chi connectivity index (χ4v) is 0.285. The number of primary amides is 1. The Hall–Kier alpha value is -0.800. The lowest BCUT2D eigenvalue weighted by Gasteiger charge is -2.01. The molecule has 0 aliphatic heterocycles. The van der Waals surface area contributed by atoms with E-state index in [1.807, 2.05) is 13.8 Å². The maximum atomic E-state index is 9.92. The van der Waals surface area contributed by atoms with Gasteiger partial charge in [0.1, 0.15) is 0 Å². The van der Waals surface area contributed by atoms with Crippen LogP contribution in [0.1, 0.15) is 13.8 Å². The number of halogens is 1. The van der Waals surface area contributed by atoms with Crippen LogP contribution in [-0.4, -0.2) is 12.1 Å². The number of urea groups is 1. The smallest absolute Gasteiger partial charge is 0.312 e. The van der Waals surface area contributed by atoms with Crippen LogP contribution < -0.4 is 11.1 Å². The summed E-state index contributed by atoms with van der Waals surface area (Å²) in [5, 5.41) is 2.44. The van der Waals surface area contributed by atoms with Gasteiger partial charge in [-0.3, -0.25) is 4.70 Å².